The van der Waals surface area contributed by atoms with Crippen LogP contribution in [-0.2, 0) is 33.7 Å². The molecule has 0 aliphatic rings. The maximum atomic E-state index is 4.93. The SMILES string of the molecule is CCC[Si]C.Cc1ccc(-c2cccc3[cH-]c(CC(C)(C)C)cc23)cc1.Cc1ccc(-c2cccc3[cH-]c(CC(C)(C)C)cc23)cc1.[Cl][Zr+2][Cl]. The van der Waals surface area contributed by atoms with E-state index >= 15 is 0 Å². The van der Waals surface area contributed by atoms with Gasteiger partial charge in [-0.05, 0) is 48.6 Å². The van der Waals surface area contributed by atoms with Crippen molar-refractivity contribution in [1.82, 2.24) is 0 Å². The van der Waals surface area contributed by atoms with Crippen LogP contribution < -0.4 is 0 Å². The molecule has 0 spiro atoms. The molecule has 2 radical (unpaired) electrons. The summed E-state index contributed by atoms with van der Waals surface area (Å²) in [6, 6.07) is 41.7. The van der Waals surface area contributed by atoms with Gasteiger partial charge in [0.1, 0.15) is 0 Å². The fraction of sp³-hybridized carbons (Fsp3) is 0.348. The van der Waals surface area contributed by atoms with Gasteiger partial charge in [-0.25, -0.2) is 0 Å². The number of fused-ring (bicyclic) bond motifs is 2. The normalized spacial score (nSPS) is 11.1. The van der Waals surface area contributed by atoms with Crippen LogP contribution in [0.4, 0.5) is 0 Å². The van der Waals surface area contributed by atoms with E-state index in [4.69, 9.17) is 17.0 Å². The molecule has 6 rings (SSSR count). The number of rotatable bonds is 6. The minimum atomic E-state index is -0.826. The third-order valence-corrected chi connectivity index (χ3v) is 9.32. The minimum absolute atomic E-state index is 0.328. The molecule has 0 nitrogen and oxygen atoms in total. The van der Waals surface area contributed by atoms with Gasteiger partial charge in [-0.2, -0.15) is 12.1 Å². The quantitative estimate of drug-likeness (QED) is 0.116. The van der Waals surface area contributed by atoms with Crippen LogP contribution in [0.15, 0.2) is 109 Å². The van der Waals surface area contributed by atoms with Crippen molar-refractivity contribution in [3.63, 3.8) is 0 Å². The summed E-state index contributed by atoms with van der Waals surface area (Å²) in [6.07, 6.45) is 3.60. The first kappa shape index (κ1) is 42.2. The van der Waals surface area contributed by atoms with Crippen molar-refractivity contribution >= 4 is 48.1 Å². The second kappa shape index (κ2) is 20.1. The fourth-order valence-corrected chi connectivity index (χ4v) is 6.74. The second-order valence-corrected chi connectivity index (χ2v) is 20.7. The Hall–Kier alpha value is -2.22. The molecule has 262 valence electrons. The van der Waals surface area contributed by atoms with E-state index in [0.29, 0.717) is 10.8 Å². The zero-order chi connectivity index (χ0) is 36.9. The number of hydrogen-bond donors (Lipinski definition) is 0. The standard InChI is InChI=1S/2C21H23.C4H10Si.2ClH.Zr/c2*1-15-8-10-17(11-9-15)19-7-5-6-18-12-16(13-20(18)19)14-21(2,3)4;1-3-4-5-2;;;/h2*5-13H,14H2,1-4H3;3-4H2,1-2H3;2*1H;/q2*-1;;;;+4/p-2. The molecule has 4 heteroatoms. The molecule has 0 aliphatic heterocycles. The molecule has 0 aromatic heterocycles. The van der Waals surface area contributed by atoms with Crippen molar-refractivity contribution in [1.29, 1.82) is 0 Å². The van der Waals surface area contributed by atoms with E-state index in [-0.39, 0.29) is 0 Å². The van der Waals surface area contributed by atoms with Gasteiger partial charge < -0.3 is 0 Å². The van der Waals surface area contributed by atoms with E-state index in [9.17, 15) is 0 Å². The summed E-state index contributed by atoms with van der Waals surface area (Å²) in [4.78, 5) is 0. The average Bonchev–Trinajstić information content (AvgIpc) is 3.64. The van der Waals surface area contributed by atoms with Gasteiger partial charge in [0.25, 0.3) is 0 Å². The molecule has 0 aliphatic carbocycles. The van der Waals surface area contributed by atoms with Gasteiger partial charge >= 0.3 is 37.9 Å². The number of hydrogen-bond acceptors (Lipinski definition) is 0. The first-order chi connectivity index (χ1) is 23.7. The van der Waals surface area contributed by atoms with Crippen LogP contribution in [0.5, 0.6) is 0 Å². The third kappa shape index (κ3) is 13.7. The van der Waals surface area contributed by atoms with Crippen molar-refractivity contribution < 1.29 is 20.8 Å². The zero-order valence-electron chi connectivity index (χ0n) is 32.0. The van der Waals surface area contributed by atoms with Crippen molar-refractivity contribution in [3.05, 3.63) is 131 Å². The van der Waals surface area contributed by atoms with Gasteiger partial charge in [0, 0.05) is 9.52 Å². The summed E-state index contributed by atoms with van der Waals surface area (Å²) < 4.78 is 0. The summed E-state index contributed by atoms with van der Waals surface area (Å²) in [5.41, 5.74) is 11.4. The first-order valence-electron chi connectivity index (χ1n) is 17.8. The Bertz CT molecular complexity index is 1730. The molecule has 6 aromatic carbocycles. The Morgan fingerprint density at radius 2 is 0.960 bits per heavy atom. The summed E-state index contributed by atoms with van der Waals surface area (Å²) in [7, 11) is 11.0. The van der Waals surface area contributed by atoms with Gasteiger partial charge in [-0.3, -0.25) is 0 Å². The summed E-state index contributed by atoms with van der Waals surface area (Å²) in [6.45, 7) is 22.5. The molecule has 0 atom stereocenters. The Morgan fingerprint density at radius 1 is 0.600 bits per heavy atom. The van der Waals surface area contributed by atoms with Crippen LogP contribution in [0.2, 0.25) is 12.6 Å². The molecular formula is C46H56Cl2SiZr. The number of benzene rings is 4. The molecule has 0 amide bonds. The van der Waals surface area contributed by atoms with E-state index in [2.05, 4.69) is 178 Å². The predicted octanol–water partition coefficient (Wildman–Crippen LogP) is 15.2. The predicted molar refractivity (Wildman–Crippen MR) is 224 cm³/mol. The molecule has 50 heavy (non-hydrogen) atoms. The van der Waals surface area contributed by atoms with Crippen LogP contribution >= 0.6 is 17.0 Å². The first-order valence-corrected chi connectivity index (χ1v) is 25.8. The Kier molecular flexibility index (Phi) is 17.0. The van der Waals surface area contributed by atoms with Crippen LogP contribution in [0, 0.1) is 24.7 Å². The van der Waals surface area contributed by atoms with E-state index in [1.165, 1.54) is 78.5 Å². The summed E-state index contributed by atoms with van der Waals surface area (Å²) >= 11 is -0.826. The molecular weight excluding hydrogens is 743 g/mol. The van der Waals surface area contributed by atoms with Crippen LogP contribution in [0.3, 0.4) is 0 Å². The van der Waals surface area contributed by atoms with E-state index < -0.39 is 20.8 Å². The van der Waals surface area contributed by atoms with Gasteiger partial charge in [0.15, 0.2) is 0 Å². The van der Waals surface area contributed by atoms with Gasteiger partial charge in [-0.15, -0.1) is 69.1 Å². The van der Waals surface area contributed by atoms with Crippen molar-refractivity contribution in [3.8, 4) is 22.3 Å². The van der Waals surface area contributed by atoms with E-state index in [1.807, 2.05) is 0 Å². The van der Waals surface area contributed by atoms with Gasteiger partial charge in [-0.1, -0.05) is 150 Å². The van der Waals surface area contributed by atoms with E-state index in [1.54, 1.807) is 0 Å². The Balaban J connectivity index is 0.000000223. The molecule has 0 fully saturated rings. The molecule has 0 saturated heterocycles. The second-order valence-electron chi connectivity index (χ2n) is 15.7. The molecule has 0 N–H and O–H groups in total. The van der Waals surface area contributed by atoms with Crippen LogP contribution in [-0.4, -0.2) is 9.52 Å². The number of halogens is 2. The molecule has 0 bridgehead atoms. The van der Waals surface area contributed by atoms with Gasteiger partial charge in [0.05, 0.1) is 0 Å². The third-order valence-electron chi connectivity index (χ3n) is 8.32. The monoisotopic (exact) mass is 796 g/mol. The van der Waals surface area contributed by atoms with Crippen LogP contribution in [0.25, 0.3) is 43.8 Å². The summed E-state index contributed by atoms with van der Waals surface area (Å²) in [5, 5.41) is 5.46. The Morgan fingerprint density at radius 3 is 1.24 bits per heavy atom. The van der Waals surface area contributed by atoms with Crippen molar-refractivity contribution in [2.45, 2.75) is 94.2 Å². The van der Waals surface area contributed by atoms with Crippen molar-refractivity contribution in [2.24, 2.45) is 10.8 Å². The Labute approximate surface area is 325 Å². The van der Waals surface area contributed by atoms with Crippen LogP contribution in [0.1, 0.15) is 77.1 Å². The molecule has 0 unspecified atom stereocenters. The maximum absolute atomic E-state index is 4.93. The topological polar surface area (TPSA) is 0 Å². The van der Waals surface area contributed by atoms with Gasteiger partial charge in [0.2, 0.25) is 0 Å². The fourth-order valence-electron chi connectivity index (χ4n) is 6.24. The number of aryl methyl sites for hydroxylation is 2. The molecule has 0 saturated carbocycles. The summed E-state index contributed by atoms with van der Waals surface area (Å²) in [5.74, 6) is 0. The molecule has 0 heterocycles. The molecule has 6 aromatic rings. The van der Waals surface area contributed by atoms with Crippen molar-refractivity contribution in [2.75, 3.05) is 0 Å². The average molecular weight is 799 g/mol. The zero-order valence-corrected chi connectivity index (χ0v) is 36.9. The van der Waals surface area contributed by atoms with E-state index in [0.717, 1.165) is 22.4 Å².